The molecule has 0 saturated heterocycles. The molecule has 0 aliphatic rings. The third kappa shape index (κ3) is 3.50. The maximum atomic E-state index is 11.0. The molecule has 0 aromatic carbocycles. The van der Waals surface area contributed by atoms with Crippen molar-refractivity contribution in [2.45, 2.75) is 19.4 Å². The number of rotatable bonds is 4. The molecule has 0 amide bonds. The van der Waals surface area contributed by atoms with Gasteiger partial charge >= 0.3 is 7.60 Å². The molecule has 0 radical (unpaired) electrons. The van der Waals surface area contributed by atoms with Crippen LogP contribution in [0.5, 0.6) is 0 Å². The Balaban J connectivity index is 2.92. The van der Waals surface area contributed by atoms with Crippen molar-refractivity contribution in [2.75, 3.05) is 0 Å². The molecule has 1 rings (SSSR count). The fourth-order valence-corrected chi connectivity index (χ4v) is 1.69. The molecule has 1 heterocycles. The summed E-state index contributed by atoms with van der Waals surface area (Å²) in [6, 6.07) is 0.644. The molecule has 6 nitrogen and oxygen atoms in total. The average molecular weight is 244 g/mol. The van der Waals surface area contributed by atoms with Crippen molar-refractivity contribution in [3.05, 3.63) is 24.0 Å². The lowest BCUT2D eigenvalue weighted by Crippen LogP contribution is -2.30. The van der Waals surface area contributed by atoms with Gasteiger partial charge in [-0.1, -0.05) is 0 Å². The zero-order chi connectivity index (χ0) is 12.3. The number of hydrogen-bond acceptors (Lipinski definition) is 4. The SMILES string of the molecule is CC(=O)[C@@H](N)Cc1cncc(P(=O)(O)O)c1. The quantitative estimate of drug-likeness (QED) is 0.606. The van der Waals surface area contributed by atoms with Crippen LogP contribution in [0.4, 0.5) is 0 Å². The van der Waals surface area contributed by atoms with Gasteiger partial charge in [0.05, 0.1) is 11.3 Å². The van der Waals surface area contributed by atoms with Crippen LogP contribution in [0.15, 0.2) is 18.5 Å². The van der Waals surface area contributed by atoms with Crippen LogP contribution in [-0.4, -0.2) is 26.6 Å². The number of ketones is 1. The number of Topliss-reactive ketones (excluding diaryl/α,β-unsaturated/α-hetero) is 1. The Morgan fingerprint density at radius 3 is 2.69 bits per heavy atom. The van der Waals surface area contributed by atoms with E-state index >= 15 is 0 Å². The summed E-state index contributed by atoms with van der Waals surface area (Å²) in [4.78, 5) is 32.5. The van der Waals surface area contributed by atoms with Gasteiger partial charge in [0.2, 0.25) is 0 Å². The van der Waals surface area contributed by atoms with E-state index in [1.54, 1.807) is 0 Å². The summed E-state index contributed by atoms with van der Waals surface area (Å²) >= 11 is 0. The first-order valence-corrected chi connectivity index (χ1v) is 6.18. The van der Waals surface area contributed by atoms with Crippen LogP contribution >= 0.6 is 7.60 Å². The second-order valence-electron chi connectivity index (χ2n) is 3.52. The summed E-state index contributed by atoms with van der Waals surface area (Å²) in [5.74, 6) is -0.179. The monoisotopic (exact) mass is 244 g/mol. The molecule has 16 heavy (non-hydrogen) atoms. The number of pyridine rings is 1. The highest BCUT2D eigenvalue weighted by atomic mass is 31.2. The Labute approximate surface area is 92.7 Å². The van der Waals surface area contributed by atoms with Gasteiger partial charge in [-0.2, -0.15) is 0 Å². The Hall–Kier alpha value is -1.07. The first kappa shape index (κ1) is 13.0. The number of aromatic nitrogens is 1. The second-order valence-corrected chi connectivity index (χ2v) is 5.12. The molecule has 4 N–H and O–H groups in total. The number of hydrogen-bond donors (Lipinski definition) is 3. The highest BCUT2D eigenvalue weighted by Gasteiger charge is 2.18. The maximum absolute atomic E-state index is 11.0. The van der Waals surface area contributed by atoms with Crippen molar-refractivity contribution in [2.24, 2.45) is 5.73 Å². The lowest BCUT2D eigenvalue weighted by molar-refractivity contribution is -0.118. The number of nitrogens with zero attached hydrogens (tertiary/aromatic N) is 1. The van der Waals surface area contributed by atoms with Crippen molar-refractivity contribution in [1.29, 1.82) is 0 Å². The van der Waals surface area contributed by atoms with Gasteiger partial charge in [-0.3, -0.25) is 14.3 Å². The van der Waals surface area contributed by atoms with Crippen molar-refractivity contribution >= 4 is 18.7 Å². The minimum Gasteiger partial charge on any atom is -0.321 e. The largest absolute Gasteiger partial charge is 0.357 e. The average Bonchev–Trinajstić information content (AvgIpc) is 2.16. The summed E-state index contributed by atoms with van der Waals surface area (Å²) in [6.07, 6.45) is 2.75. The van der Waals surface area contributed by atoms with Gasteiger partial charge < -0.3 is 15.5 Å². The van der Waals surface area contributed by atoms with Crippen LogP contribution in [0.3, 0.4) is 0 Å². The van der Waals surface area contributed by atoms with E-state index in [0.29, 0.717) is 5.56 Å². The van der Waals surface area contributed by atoms with Crippen molar-refractivity contribution in [3.8, 4) is 0 Å². The Bertz CT molecular complexity index is 443. The summed E-state index contributed by atoms with van der Waals surface area (Å²) in [5.41, 5.74) is 6.07. The predicted octanol–water partition coefficient (Wildman–Crippen LogP) is -0.657. The lowest BCUT2D eigenvalue weighted by Gasteiger charge is -2.09. The molecule has 0 spiro atoms. The van der Waals surface area contributed by atoms with E-state index < -0.39 is 13.6 Å². The molecular weight excluding hydrogens is 231 g/mol. The molecule has 1 atom stereocenters. The molecular formula is C9H13N2O4P. The van der Waals surface area contributed by atoms with Gasteiger partial charge in [-0.25, -0.2) is 0 Å². The maximum Gasteiger partial charge on any atom is 0.357 e. The number of carbonyl (C=O) groups is 1. The zero-order valence-corrected chi connectivity index (χ0v) is 9.59. The smallest absolute Gasteiger partial charge is 0.321 e. The minimum atomic E-state index is -4.30. The molecule has 0 aliphatic heterocycles. The van der Waals surface area contributed by atoms with Crippen LogP contribution in [-0.2, 0) is 15.8 Å². The van der Waals surface area contributed by atoms with Crippen molar-refractivity contribution in [1.82, 2.24) is 4.98 Å². The fraction of sp³-hybridized carbons (Fsp3) is 0.333. The molecule has 0 unspecified atom stereocenters. The van der Waals surface area contributed by atoms with E-state index in [2.05, 4.69) is 4.98 Å². The summed E-state index contributed by atoms with van der Waals surface area (Å²) < 4.78 is 11.0. The van der Waals surface area contributed by atoms with Gasteiger partial charge in [0.15, 0.2) is 0 Å². The molecule has 7 heteroatoms. The van der Waals surface area contributed by atoms with Gasteiger partial charge in [0.25, 0.3) is 0 Å². The van der Waals surface area contributed by atoms with Crippen LogP contribution in [0.1, 0.15) is 12.5 Å². The van der Waals surface area contributed by atoms with E-state index in [1.807, 2.05) is 0 Å². The van der Waals surface area contributed by atoms with Crippen LogP contribution < -0.4 is 11.0 Å². The topological polar surface area (TPSA) is 114 Å². The van der Waals surface area contributed by atoms with Crippen molar-refractivity contribution < 1.29 is 19.1 Å². The van der Waals surface area contributed by atoms with Crippen LogP contribution in [0.2, 0.25) is 0 Å². The zero-order valence-electron chi connectivity index (χ0n) is 8.70. The minimum absolute atomic E-state index is 0.166. The predicted molar refractivity (Wildman–Crippen MR) is 58.3 cm³/mol. The van der Waals surface area contributed by atoms with Gasteiger partial charge in [-0.15, -0.1) is 0 Å². The third-order valence-corrected chi connectivity index (χ3v) is 3.01. The van der Waals surface area contributed by atoms with E-state index in [-0.39, 0.29) is 17.5 Å². The highest BCUT2D eigenvalue weighted by Crippen LogP contribution is 2.32. The van der Waals surface area contributed by atoms with Gasteiger partial charge in [0, 0.05) is 12.4 Å². The molecule has 1 aromatic rings. The van der Waals surface area contributed by atoms with Crippen LogP contribution in [0.25, 0.3) is 0 Å². The Kier molecular flexibility index (Phi) is 3.93. The summed E-state index contributed by atoms with van der Waals surface area (Å²) in [5, 5.41) is -0.166. The van der Waals surface area contributed by atoms with Crippen molar-refractivity contribution in [3.63, 3.8) is 0 Å². The Morgan fingerprint density at radius 2 is 2.19 bits per heavy atom. The normalized spacial score (nSPS) is 13.5. The number of nitrogens with two attached hydrogens (primary N) is 1. The van der Waals surface area contributed by atoms with E-state index in [4.69, 9.17) is 15.5 Å². The summed E-state index contributed by atoms with van der Waals surface area (Å²) in [7, 11) is -4.30. The molecule has 0 fully saturated rings. The summed E-state index contributed by atoms with van der Waals surface area (Å²) in [6.45, 7) is 1.37. The Morgan fingerprint density at radius 1 is 1.56 bits per heavy atom. The third-order valence-electron chi connectivity index (χ3n) is 2.09. The first-order chi connectivity index (χ1) is 7.30. The second kappa shape index (κ2) is 4.84. The molecule has 1 aromatic heterocycles. The van der Waals surface area contributed by atoms with Crippen LogP contribution in [0, 0.1) is 0 Å². The lowest BCUT2D eigenvalue weighted by atomic mass is 10.1. The molecule has 88 valence electrons. The van der Waals surface area contributed by atoms with E-state index in [0.717, 1.165) is 6.20 Å². The highest BCUT2D eigenvalue weighted by molar-refractivity contribution is 7.60. The molecule has 0 saturated carbocycles. The number of carbonyl (C=O) groups excluding carboxylic acids is 1. The molecule has 0 aliphatic carbocycles. The standard InChI is InChI=1S/C9H13N2O4P/c1-6(12)9(10)3-7-2-8(5-11-4-7)16(13,14)15/h2,4-5,9H,3,10H2,1H3,(H2,13,14,15)/t9-/m0/s1. The van der Waals surface area contributed by atoms with Gasteiger partial charge in [-0.05, 0) is 25.0 Å². The fourth-order valence-electron chi connectivity index (χ4n) is 1.14. The van der Waals surface area contributed by atoms with E-state index in [1.165, 1.54) is 19.2 Å². The van der Waals surface area contributed by atoms with E-state index in [9.17, 15) is 9.36 Å². The molecule has 0 bridgehead atoms. The van der Waals surface area contributed by atoms with Gasteiger partial charge in [0.1, 0.15) is 5.78 Å². The first-order valence-electron chi connectivity index (χ1n) is 4.57.